The van der Waals surface area contributed by atoms with Gasteiger partial charge in [0.25, 0.3) is 5.91 Å². The minimum Gasteiger partial charge on any atom is -0.495 e. The number of hydrogen-bond acceptors (Lipinski definition) is 4. The summed E-state index contributed by atoms with van der Waals surface area (Å²) in [6.07, 6.45) is 2.00. The topological polar surface area (TPSA) is 77.2 Å². The van der Waals surface area contributed by atoms with Crippen molar-refractivity contribution in [3.63, 3.8) is 0 Å². The van der Waals surface area contributed by atoms with E-state index < -0.39 is 17.5 Å². The molecule has 0 unspecified atom stereocenters. The summed E-state index contributed by atoms with van der Waals surface area (Å²) in [5.41, 5.74) is 6.19. The summed E-state index contributed by atoms with van der Waals surface area (Å²) in [7, 11) is 1.49. The molecule has 1 aromatic heterocycles. The number of ether oxygens (including phenoxy) is 1. The van der Waals surface area contributed by atoms with Crippen molar-refractivity contribution in [1.82, 2.24) is 4.98 Å². The standard InChI is InChI=1S/C16H15F2N3O2/c1-23-9-2-3-14(20-7-9)16(22)21-8-4-11(10-6-13(10)19)15(18)12(17)5-8/h2-5,7,10,13H,6,19H2,1H3,(H,21,22)/t10-,13-/m1/s1. The number of rotatable bonds is 4. The lowest BCUT2D eigenvalue weighted by Crippen LogP contribution is -2.14. The number of aromatic nitrogens is 1. The predicted octanol–water partition coefficient (Wildman–Crippen LogP) is 2.44. The average Bonchev–Trinajstić information content (AvgIpc) is 3.27. The van der Waals surface area contributed by atoms with E-state index in [4.69, 9.17) is 10.5 Å². The molecule has 1 aliphatic carbocycles. The van der Waals surface area contributed by atoms with Gasteiger partial charge in [-0.25, -0.2) is 13.8 Å². The van der Waals surface area contributed by atoms with E-state index in [2.05, 4.69) is 10.3 Å². The number of pyridine rings is 1. The third-order valence-corrected chi connectivity index (χ3v) is 3.76. The molecule has 0 aliphatic heterocycles. The highest BCUT2D eigenvalue weighted by Gasteiger charge is 2.37. The van der Waals surface area contributed by atoms with Gasteiger partial charge in [-0.2, -0.15) is 0 Å². The van der Waals surface area contributed by atoms with E-state index in [1.165, 1.54) is 25.4 Å². The molecule has 0 spiro atoms. The average molecular weight is 319 g/mol. The van der Waals surface area contributed by atoms with E-state index in [9.17, 15) is 13.6 Å². The van der Waals surface area contributed by atoms with E-state index in [0.717, 1.165) is 6.07 Å². The molecule has 3 rings (SSSR count). The Kier molecular flexibility index (Phi) is 3.96. The summed E-state index contributed by atoms with van der Waals surface area (Å²) in [4.78, 5) is 16.1. The number of methoxy groups -OCH3 is 1. The van der Waals surface area contributed by atoms with Crippen LogP contribution in [0, 0.1) is 11.6 Å². The summed E-state index contributed by atoms with van der Waals surface area (Å²) >= 11 is 0. The van der Waals surface area contributed by atoms with Gasteiger partial charge in [0.15, 0.2) is 11.6 Å². The maximum absolute atomic E-state index is 13.8. The molecule has 1 saturated carbocycles. The second kappa shape index (κ2) is 5.92. The molecule has 1 amide bonds. The lowest BCUT2D eigenvalue weighted by molar-refractivity contribution is 0.102. The van der Waals surface area contributed by atoms with E-state index >= 15 is 0 Å². The fourth-order valence-electron chi connectivity index (χ4n) is 2.36. The Morgan fingerprint density at radius 1 is 1.39 bits per heavy atom. The van der Waals surface area contributed by atoms with Crippen molar-refractivity contribution in [1.29, 1.82) is 0 Å². The largest absolute Gasteiger partial charge is 0.495 e. The molecule has 0 radical (unpaired) electrons. The molecule has 0 bridgehead atoms. The molecule has 1 aromatic carbocycles. The van der Waals surface area contributed by atoms with Crippen molar-refractivity contribution in [2.75, 3.05) is 12.4 Å². The van der Waals surface area contributed by atoms with Gasteiger partial charge in [0.2, 0.25) is 0 Å². The van der Waals surface area contributed by atoms with Crippen LogP contribution in [0.1, 0.15) is 28.4 Å². The number of benzene rings is 1. The maximum atomic E-state index is 13.8. The second-order valence-electron chi connectivity index (χ2n) is 5.40. The second-order valence-corrected chi connectivity index (χ2v) is 5.40. The number of carbonyl (C=O) groups is 1. The molecule has 120 valence electrons. The van der Waals surface area contributed by atoms with Gasteiger partial charge in [0.1, 0.15) is 11.4 Å². The predicted molar refractivity (Wildman–Crippen MR) is 80.4 cm³/mol. The molecule has 23 heavy (non-hydrogen) atoms. The van der Waals surface area contributed by atoms with E-state index in [1.54, 1.807) is 6.07 Å². The van der Waals surface area contributed by atoms with Gasteiger partial charge in [0.05, 0.1) is 13.3 Å². The van der Waals surface area contributed by atoms with Gasteiger partial charge in [-0.15, -0.1) is 0 Å². The number of carbonyl (C=O) groups excluding carboxylic acids is 1. The normalized spacial score (nSPS) is 19.3. The van der Waals surface area contributed by atoms with Gasteiger partial charge in [-0.3, -0.25) is 4.79 Å². The molecule has 1 aliphatic rings. The van der Waals surface area contributed by atoms with Crippen LogP contribution in [-0.4, -0.2) is 24.0 Å². The summed E-state index contributed by atoms with van der Waals surface area (Å²) in [5.74, 6) is -2.15. The molecular weight excluding hydrogens is 304 g/mol. The molecule has 2 atom stereocenters. The number of anilines is 1. The fourth-order valence-corrected chi connectivity index (χ4v) is 2.36. The SMILES string of the molecule is COc1ccc(C(=O)Nc2cc(F)c(F)c([C@H]3C[C@H]3N)c2)nc1. The monoisotopic (exact) mass is 319 g/mol. The Labute approximate surface area is 131 Å². The Bertz CT molecular complexity index is 750. The number of nitrogens with zero attached hydrogens (tertiary/aromatic N) is 1. The van der Waals surface area contributed by atoms with E-state index in [1.807, 2.05) is 0 Å². The fraction of sp³-hybridized carbons (Fsp3) is 0.250. The number of nitrogens with one attached hydrogen (secondary N) is 1. The molecular formula is C16H15F2N3O2. The van der Waals surface area contributed by atoms with Crippen LogP contribution in [0.3, 0.4) is 0 Å². The quantitative estimate of drug-likeness (QED) is 0.907. The van der Waals surface area contributed by atoms with Crippen LogP contribution in [0.4, 0.5) is 14.5 Å². The summed E-state index contributed by atoms with van der Waals surface area (Å²) in [6.45, 7) is 0. The van der Waals surface area contributed by atoms with Crippen LogP contribution in [0.15, 0.2) is 30.5 Å². The molecule has 2 aromatic rings. The molecule has 3 N–H and O–H groups in total. The summed E-state index contributed by atoms with van der Waals surface area (Å²) < 4.78 is 32.5. The first-order valence-electron chi connectivity index (χ1n) is 7.05. The Balaban J connectivity index is 1.81. The summed E-state index contributed by atoms with van der Waals surface area (Å²) in [5, 5.41) is 2.51. The Hall–Kier alpha value is -2.54. The van der Waals surface area contributed by atoms with Crippen LogP contribution in [-0.2, 0) is 0 Å². The highest BCUT2D eigenvalue weighted by Crippen LogP contribution is 2.41. The van der Waals surface area contributed by atoms with Gasteiger partial charge < -0.3 is 15.8 Å². The van der Waals surface area contributed by atoms with Crippen LogP contribution in [0.5, 0.6) is 5.75 Å². The molecule has 1 heterocycles. The highest BCUT2D eigenvalue weighted by molar-refractivity contribution is 6.02. The van der Waals surface area contributed by atoms with Crippen LogP contribution in [0.25, 0.3) is 0 Å². The zero-order valence-corrected chi connectivity index (χ0v) is 12.3. The van der Waals surface area contributed by atoms with Crippen molar-refractivity contribution in [3.8, 4) is 5.75 Å². The third kappa shape index (κ3) is 3.14. The first kappa shape index (κ1) is 15.4. The van der Waals surface area contributed by atoms with Crippen molar-refractivity contribution in [2.24, 2.45) is 5.73 Å². The van der Waals surface area contributed by atoms with Gasteiger partial charge >= 0.3 is 0 Å². The number of hydrogen-bond donors (Lipinski definition) is 2. The minimum atomic E-state index is -1.01. The number of halogens is 2. The maximum Gasteiger partial charge on any atom is 0.274 e. The van der Waals surface area contributed by atoms with Crippen molar-refractivity contribution >= 4 is 11.6 Å². The highest BCUT2D eigenvalue weighted by atomic mass is 19.2. The van der Waals surface area contributed by atoms with Crippen LogP contribution >= 0.6 is 0 Å². The van der Waals surface area contributed by atoms with Crippen molar-refractivity contribution in [2.45, 2.75) is 18.4 Å². The lowest BCUT2D eigenvalue weighted by atomic mass is 10.1. The summed E-state index contributed by atoms with van der Waals surface area (Å²) in [6, 6.07) is 5.25. The first-order chi connectivity index (χ1) is 11.0. The number of nitrogens with two attached hydrogens (primary N) is 1. The van der Waals surface area contributed by atoms with Gasteiger partial charge in [0, 0.05) is 23.7 Å². The zero-order chi connectivity index (χ0) is 16.6. The van der Waals surface area contributed by atoms with Crippen LogP contribution in [0.2, 0.25) is 0 Å². The van der Waals surface area contributed by atoms with E-state index in [0.29, 0.717) is 12.2 Å². The molecule has 7 heteroatoms. The van der Waals surface area contributed by atoms with Crippen LogP contribution < -0.4 is 15.8 Å². The third-order valence-electron chi connectivity index (χ3n) is 3.76. The number of amides is 1. The first-order valence-corrected chi connectivity index (χ1v) is 7.05. The van der Waals surface area contributed by atoms with Gasteiger partial charge in [-0.1, -0.05) is 0 Å². The molecule has 5 nitrogen and oxygen atoms in total. The van der Waals surface area contributed by atoms with Gasteiger partial charge in [-0.05, 0) is 30.2 Å². The van der Waals surface area contributed by atoms with Crippen molar-refractivity contribution < 1.29 is 18.3 Å². The zero-order valence-electron chi connectivity index (χ0n) is 12.3. The smallest absolute Gasteiger partial charge is 0.274 e. The lowest BCUT2D eigenvalue weighted by Gasteiger charge is -2.09. The molecule has 0 saturated heterocycles. The molecule has 1 fully saturated rings. The van der Waals surface area contributed by atoms with E-state index in [-0.39, 0.29) is 28.9 Å². The Morgan fingerprint density at radius 2 is 2.13 bits per heavy atom. The Morgan fingerprint density at radius 3 is 2.70 bits per heavy atom. The van der Waals surface area contributed by atoms with Crippen molar-refractivity contribution in [3.05, 3.63) is 53.4 Å². The minimum absolute atomic E-state index is 0.139.